The maximum atomic E-state index is 10.4. The first-order valence-corrected chi connectivity index (χ1v) is 15.9. The molecular formula is C33H37Cl2N7O3. The first kappa shape index (κ1) is 31.4. The molecule has 45 heavy (non-hydrogen) atoms. The number of nitrogens with zero attached hydrogens (tertiary/aromatic N) is 7. The maximum Gasteiger partial charge on any atom is 0.217 e. The van der Waals surface area contributed by atoms with E-state index in [1.54, 1.807) is 26.2 Å². The number of hydrogen-bond donors (Lipinski definition) is 1. The maximum absolute atomic E-state index is 10.4. The van der Waals surface area contributed by atoms with Gasteiger partial charge < -0.3 is 14.6 Å². The second-order valence-corrected chi connectivity index (χ2v) is 13.1. The van der Waals surface area contributed by atoms with E-state index in [9.17, 15) is 5.11 Å². The molecule has 236 valence electrons. The van der Waals surface area contributed by atoms with Crippen LogP contribution >= 0.6 is 23.2 Å². The monoisotopic (exact) mass is 649 g/mol. The van der Waals surface area contributed by atoms with Gasteiger partial charge in [0.15, 0.2) is 6.23 Å². The van der Waals surface area contributed by atoms with Crippen molar-refractivity contribution in [2.45, 2.75) is 85.3 Å². The lowest BCUT2D eigenvalue weighted by Crippen LogP contribution is -2.27. The van der Waals surface area contributed by atoms with Gasteiger partial charge in [0.25, 0.3) is 0 Å². The Morgan fingerprint density at radius 2 is 1.84 bits per heavy atom. The van der Waals surface area contributed by atoms with E-state index >= 15 is 0 Å². The quantitative estimate of drug-likeness (QED) is 0.183. The number of aliphatic hydroxyl groups is 1. The minimum Gasteiger partial charge on any atom is -0.469 e. The van der Waals surface area contributed by atoms with E-state index in [0.29, 0.717) is 45.9 Å². The zero-order valence-corrected chi connectivity index (χ0v) is 27.8. The molecule has 1 aliphatic rings. The largest absolute Gasteiger partial charge is 0.469 e. The highest BCUT2D eigenvalue weighted by atomic mass is 35.5. The minimum absolute atomic E-state index is 0.185. The Labute approximate surface area is 272 Å². The molecule has 0 saturated carbocycles. The second-order valence-electron chi connectivity index (χ2n) is 12.3. The van der Waals surface area contributed by atoms with Crippen LogP contribution in [0.3, 0.4) is 0 Å². The molecule has 2 atom stereocenters. The number of fused-ring (bicyclic) bond motifs is 1. The number of hydrogen-bond acceptors (Lipinski definition) is 8. The fourth-order valence-electron chi connectivity index (χ4n) is 5.90. The lowest BCUT2D eigenvalue weighted by Gasteiger charge is -2.23. The molecule has 10 nitrogen and oxygen atoms in total. The number of halogens is 2. The Bertz CT molecular complexity index is 1840. The van der Waals surface area contributed by atoms with Gasteiger partial charge in [-0.3, -0.25) is 14.6 Å². The van der Waals surface area contributed by atoms with Crippen molar-refractivity contribution in [2.24, 2.45) is 0 Å². The first-order valence-electron chi connectivity index (χ1n) is 15.1. The van der Waals surface area contributed by atoms with Gasteiger partial charge in [0, 0.05) is 53.1 Å². The van der Waals surface area contributed by atoms with Crippen LogP contribution in [0.25, 0.3) is 33.5 Å². The van der Waals surface area contributed by atoms with Gasteiger partial charge in [0.05, 0.1) is 39.1 Å². The molecule has 5 aromatic rings. The highest BCUT2D eigenvalue weighted by Crippen LogP contribution is 2.37. The molecule has 0 aromatic carbocycles. The van der Waals surface area contributed by atoms with Crippen molar-refractivity contribution in [1.29, 1.82) is 0 Å². The van der Waals surface area contributed by atoms with E-state index in [2.05, 4.69) is 10.1 Å². The predicted octanol–water partition coefficient (Wildman–Crippen LogP) is 7.59. The minimum atomic E-state index is -0.887. The predicted molar refractivity (Wildman–Crippen MR) is 175 cm³/mol. The average molecular weight is 651 g/mol. The van der Waals surface area contributed by atoms with Crippen molar-refractivity contribution >= 4 is 34.2 Å². The number of aryl methyl sites for hydroxylation is 2. The third kappa shape index (κ3) is 6.29. The molecule has 0 aliphatic carbocycles. The number of ether oxygens (including phenoxy) is 2. The SMILES string of the molecule is Cc1cc2c(nc1O[C@H](C)c1c(Cl)cncc1Cl)c(-c1ccc(-c3c(C)nn(CC(C)(C)O)c3C)nc1)nn2C1CCCCO1. The smallest absolute Gasteiger partial charge is 0.217 e. The summed E-state index contributed by atoms with van der Waals surface area (Å²) in [4.78, 5) is 13.9. The third-order valence-corrected chi connectivity index (χ3v) is 8.65. The van der Waals surface area contributed by atoms with Crippen LogP contribution in [-0.4, -0.2) is 51.8 Å². The van der Waals surface area contributed by atoms with Crippen LogP contribution < -0.4 is 4.74 Å². The zero-order chi connectivity index (χ0) is 32.0. The average Bonchev–Trinajstić information content (AvgIpc) is 3.48. The van der Waals surface area contributed by atoms with Crippen LogP contribution in [0.15, 0.2) is 36.8 Å². The molecule has 1 unspecified atom stereocenters. The summed E-state index contributed by atoms with van der Waals surface area (Å²) < 4.78 is 16.3. The van der Waals surface area contributed by atoms with E-state index in [1.165, 1.54) is 0 Å². The molecule has 0 bridgehead atoms. The van der Waals surface area contributed by atoms with Gasteiger partial charge in [-0.25, -0.2) is 9.67 Å². The van der Waals surface area contributed by atoms with E-state index in [1.807, 2.05) is 61.5 Å². The van der Waals surface area contributed by atoms with Gasteiger partial charge in [-0.15, -0.1) is 0 Å². The van der Waals surface area contributed by atoms with Crippen LogP contribution in [0, 0.1) is 20.8 Å². The van der Waals surface area contributed by atoms with Crippen molar-refractivity contribution < 1.29 is 14.6 Å². The number of aromatic nitrogens is 7. The molecule has 1 aliphatic heterocycles. The van der Waals surface area contributed by atoms with Crippen LogP contribution in [0.1, 0.15) is 74.9 Å². The topological polar surface area (TPSA) is 113 Å². The first-order chi connectivity index (χ1) is 21.4. The third-order valence-electron chi connectivity index (χ3n) is 8.05. The van der Waals surface area contributed by atoms with Crippen LogP contribution in [0.5, 0.6) is 5.88 Å². The normalized spacial score (nSPS) is 16.3. The molecule has 0 spiro atoms. The highest BCUT2D eigenvalue weighted by Gasteiger charge is 2.26. The molecule has 0 amide bonds. The van der Waals surface area contributed by atoms with Gasteiger partial charge in [0.1, 0.15) is 17.3 Å². The number of rotatable bonds is 8. The van der Waals surface area contributed by atoms with E-state index < -0.39 is 11.7 Å². The fourth-order valence-corrected chi connectivity index (χ4v) is 6.57. The molecule has 5 aromatic heterocycles. The molecule has 1 saturated heterocycles. The Balaban J connectivity index is 1.41. The van der Waals surface area contributed by atoms with Crippen molar-refractivity contribution in [1.82, 2.24) is 34.5 Å². The molecule has 6 heterocycles. The van der Waals surface area contributed by atoms with Gasteiger partial charge in [-0.05, 0) is 79.0 Å². The van der Waals surface area contributed by atoms with Crippen molar-refractivity contribution in [3.63, 3.8) is 0 Å². The molecule has 6 rings (SSSR count). The standard InChI is InChI=1S/C33H37Cl2N7O3/c1-18-13-26-31(38-32(18)45-21(4)29-23(34)15-36-16-24(29)35)30(40-42(26)27-9-7-8-12-44-27)22-10-11-25(37-14-22)28-19(2)39-41(20(28)3)17-33(5,6)43/h10-11,13-16,21,27,43H,7-9,12,17H2,1-6H3/t21-,27?/m1/s1. The molecule has 12 heteroatoms. The summed E-state index contributed by atoms with van der Waals surface area (Å²) in [5, 5.41) is 20.9. The summed E-state index contributed by atoms with van der Waals surface area (Å²) >= 11 is 12.9. The van der Waals surface area contributed by atoms with Gasteiger partial charge in [-0.2, -0.15) is 10.2 Å². The van der Waals surface area contributed by atoms with E-state index in [0.717, 1.165) is 58.6 Å². The van der Waals surface area contributed by atoms with E-state index in [4.69, 9.17) is 47.7 Å². The van der Waals surface area contributed by atoms with Crippen LogP contribution in [0.2, 0.25) is 10.0 Å². The molecular weight excluding hydrogens is 613 g/mol. The van der Waals surface area contributed by atoms with Crippen molar-refractivity contribution in [2.75, 3.05) is 6.61 Å². The lowest BCUT2D eigenvalue weighted by atomic mass is 10.1. The number of pyridine rings is 3. The zero-order valence-electron chi connectivity index (χ0n) is 26.3. The van der Waals surface area contributed by atoms with Crippen molar-refractivity contribution in [3.8, 4) is 28.4 Å². The Morgan fingerprint density at radius 3 is 2.49 bits per heavy atom. The lowest BCUT2D eigenvalue weighted by molar-refractivity contribution is -0.0365. The summed E-state index contributed by atoms with van der Waals surface area (Å²) in [7, 11) is 0. The summed E-state index contributed by atoms with van der Waals surface area (Å²) in [5.74, 6) is 0.458. The van der Waals surface area contributed by atoms with Crippen LogP contribution in [-0.2, 0) is 11.3 Å². The van der Waals surface area contributed by atoms with E-state index in [-0.39, 0.29) is 6.23 Å². The summed E-state index contributed by atoms with van der Waals surface area (Å²) in [6.45, 7) is 12.4. The summed E-state index contributed by atoms with van der Waals surface area (Å²) in [6, 6.07) is 6.02. The Hall–Kier alpha value is -3.57. The Kier molecular flexibility index (Phi) is 8.60. The second kappa shape index (κ2) is 12.3. The van der Waals surface area contributed by atoms with Gasteiger partial charge >= 0.3 is 0 Å². The molecule has 1 fully saturated rings. The fraction of sp³-hybridized carbons (Fsp3) is 0.424. The summed E-state index contributed by atoms with van der Waals surface area (Å²) in [5.41, 5.74) is 7.19. The van der Waals surface area contributed by atoms with Crippen LogP contribution in [0.4, 0.5) is 0 Å². The summed E-state index contributed by atoms with van der Waals surface area (Å²) in [6.07, 6.45) is 7.23. The molecule has 0 radical (unpaired) electrons. The van der Waals surface area contributed by atoms with Crippen molar-refractivity contribution in [3.05, 3.63) is 69.3 Å². The van der Waals surface area contributed by atoms with Gasteiger partial charge in [-0.1, -0.05) is 23.2 Å². The van der Waals surface area contributed by atoms with Gasteiger partial charge in [0.2, 0.25) is 5.88 Å². The Morgan fingerprint density at radius 1 is 1.09 bits per heavy atom. The molecule has 1 N–H and O–H groups in total. The highest BCUT2D eigenvalue weighted by molar-refractivity contribution is 6.35.